The lowest BCUT2D eigenvalue weighted by Gasteiger charge is -2.23. The Morgan fingerprint density at radius 1 is 1.47 bits per heavy atom. The van der Waals surface area contributed by atoms with Crippen molar-refractivity contribution in [3.05, 3.63) is 40.4 Å². The van der Waals surface area contributed by atoms with Gasteiger partial charge in [-0.2, -0.15) is 0 Å². The molecule has 3 rings (SSSR count). The van der Waals surface area contributed by atoms with Gasteiger partial charge in [0.15, 0.2) is 0 Å². The average Bonchev–Trinajstić information content (AvgIpc) is 2.43. The summed E-state index contributed by atoms with van der Waals surface area (Å²) in [5.74, 6) is 0.537. The molecule has 0 radical (unpaired) electrons. The molecule has 0 aliphatic carbocycles. The third-order valence-electron chi connectivity index (χ3n) is 3.92. The summed E-state index contributed by atoms with van der Waals surface area (Å²) < 4.78 is 1.77. The Balaban J connectivity index is 1.98. The first-order valence-electron chi connectivity index (χ1n) is 6.91. The minimum absolute atomic E-state index is 0.0914. The smallest absolute Gasteiger partial charge is 0.261 e. The summed E-state index contributed by atoms with van der Waals surface area (Å²) in [6.45, 7) is 4.83. The summed E-state index contributed by atoms with van der Waals surface area (Å²) in [6, 6.07) is 5.81. The van der Waals surface area contributed by atoms with E-state index < -0.39 is 0 Å². The van der Waals surface area contributed by atoms with Crippen molar-refractivity contribution >= 4 is 10.9 Å². The molecule has 1 aromatic heterocycles. The van der Waals surface area contributed by atoms with Crippen LogP contribution in [0.2, 0.25) is 0 Å². The predicted octanol–water partition coefficient (Wildman–Crippen LogP) is 1.70. The fourth-order valence-electron chi connectivity index (χ4n) is 2.85. The van der Waals surface area contributed by atoms with E-state index in [0.29, 0.717) is 5.92 Å². The normalized spacial score (nSPS) is 19.7. The van der Waals surface area contributed by atoms with E-state index in [1.54, 1.807) is 10.9 Å². The van der Waals surface area contributed by atoms with Crippen LogP contribution in [0.5, 0.6) is 0 Å². The number of hydrogen-bond donors (Lipinski definition) is 1. The van der Waals surface area contributed by atoms with Crippen molar-refractivity contribution in [2.24, 2.45) is 5.92 Å². The van der Waals surface area contributed by atoms with Gasteiger partial charge in [-0.15, -0.1) is 0 Å². The summed E-state index contributed by atoms with van der Waals surface area (Å²) in [5.41, 5.74) is 1.89. The van der Waals surface area contributed by atoms with Crippen LogP contribution in [0, 0.1) is 12.8 Å². The van der Waals surface area contributed by atoms with Gasteiger partial charge in [0.05, 0.1) is 17.2 Å². The van der Waals surface area contributed by atoms with E-state index in [0.717, 1.165) is 36.1 Å². The minimum atomic E-state index is 0.0914. The van der Waals surface area contributed by atoms with Gasteiger partial charge in [0, 0.05) is 6.54 Å². The van der Waals surface area contributed by atoms with Gasteiger partial charge in [-0.25, -0.2) is 4.98 Å². The highest BCUT2D eigenvalue weighted by Crippen LogP contribution is 2.14. The van der Waals surface area contributed by atoms with Gasteiger partial charge in [-0.1, -0.05) is 12.1 Å². The first-order chi connectivity index (χ1) is 9.25. The minimum Gasteiger partial charge on any atom is -0.316 e. The third kappa shape index (κ3) is 2.40. The summed E-state index contributed by atoms with van der Waals surface area (Å²) in [6.07, 6.45) is 4.07. The maximum atomic E-state index is 12.5. The van der Waals surface area contributed by atoms with Crippen LogP contribution in [0.25, 0.3) is 10.9 Å². The van der Waals surface area contributed by atoms with Crippen molar-refractivity contribution < 1.29 is 0 Å². The van der Waals surface area contributed by atoms with Gasteiger partial charge in [-0.05, 0) is 50.4 Å². The molecule has 19 heavy (non-hydrogen) atoms. The molecule has 0 spiro atoms. The molecule has 4 nitrogen and oxygen atoms in total. The highest BCUT2D eigenvalue weighted by atomic mass is 16.1. The molecule has 1 fully saturated rings. The maximum absolute atomic E-state index is 12.5. The topological polar surface area (TPSA) is 46.9 Å². The Labute approximate surface area is 112 Å². The number of aromatic nitrogens is 2. The SMILES string of the molecule is Cc1cccc2ncn(CC3CCCNC3)c(=O)c12. The summed E-state index contributed by atoms with van der Waals surface area (Å²) >= 11 is 0. The molecule has 1 N–H and O–H groups in total. The molecular weight excluding hydrogens is 238 g/mol. The summed E-state index contributed by atoms with van der Waals surface area (Å²) in [5, 5.41) is 4.15. The highest BCUT2D eigenvalue weighted by molar-refractivity contribution is 5.80. The summed E-state index contributed by atoms with van der Waals surface area (Å²) in [7, 11) is 0. The second-order valence-electron chi connectivity index (χ2n) is 5.38. The Morgan fingerprint density at radius 2 is 2.37 bits per heavy atom. The molecule has 2 aromatic rings. The number of nitrogens with zero attached hydrogens (tertiary/aromatic N) is 2. The van der Waals surface area contributed by atoms with E-state index in [1.807, 2.05) is 25.1 Å². The van der Waals surface area contributed by atoms with E-state index in [1.165, 1.54) is 12.8 Å². The lowest BCUT2D eigenvalue weighted by molar-refractivity contribution is 0.333. The number of benzene rings is 1. The molecule has 0 amide bonds. The number of rotatable bonds is 2. The van der Waals surface area contributed by atoms with Crippen LogP contribution in [0.15, 0.2) is 29.3 Å². The number of nitrogens with one attached hydrogen (secondary N) is 1. The van der Waals surface area contributed by atoms with Crippen LogP contribution in [0.3, 0.4) is 0 Å². The molecule has 1 atom stereocenters. The van der Waals surface area contributed by atoms with Gasteiger partial charge in [0.25, 0.3) is 5.56 Å². The standard InChI is InChI=1S/C15H19N3O/c1-11-4-2-6-13-14(11)15(19)18(10-17-13)9-12-5-3-7-16-8-12/h2,4,6,10,12,16H,3,5,7-9H2,1H3. The highest BCUT2D eigenvalue weighted by Gasteiger charge is 2.15. The largest absolute Gasteiger partial charge is 0.316 e. The first kappa shape index (κ1) is 12.4. The molecule has 1 aliphatic rings. The number of piperidine rings is 1. The Hall–Kier alpha value is -1.68. The second kappa shape index (κ2) is 5.13. The van der Waals surface area contributed by atoms with Crippen LogP contribution < -0.4 is 10.9 Å². The molecule has 4 heteroatoms. The maximum Gasteiger partial charge on any atom is 0.261 e. The Bertz CT molecular complexity index is 641. The average molecular weight is 257 g/mol. The zero-order valence-electron chi connectivity index (χ0n) is 11.2. The lowest BCUT2D eigenvalue weighted by atomic mass is 9.99. The van der Waals surface area contributed by atoms with E-state index >= 15 is 0 Å². The zero-order valence-corrected chi connectivity index (χ0v) is 11.2. The monoisotopic (exact) mass is 257 g/mol. The van der Waals surface area contributed by atoms with Crippen LogP contribution >= 0.6 is 0 Å². The van der Waals surface area contributed by atoms with Gasteiger partial charge < -0.3 is 5.32 Å². The van der Waals surface area contributed by atoms with Gasteiger partial charge in [-0.3, -0.25) is 9.36 Å². The van der Waals surface area contributed by atoms with Crippen LogP contribution in [-0.4, -0.2) is 22.6 Å². The quantitative estimate of drug-likeness (QED) is 0.891. The number of hydrogen-bond acceptors (Lipinski definition) is 3. The zero-order chi connectivity index (χ0) is 13.2. The fraction of sp³-hybridized carbons (Fsp3) is 0.467. The predicted molar refractivity (Wildman–Crippen MR) is 76.3 cm³/mol. The Kier molecular flexibility index (Phi) is 3.34. The molecule has 2 heterocycles. The van der Waals surface area contributed by atoms with Gasteiger partial charge in [0.2, 0.25) is 0 Å². The van der Waals surface area contributed by atoms with Crippen LogP contribution in [0.1, 0.15) is 18.4 Å². The van der Waals surface area contributed by atoms with Crippen molar-refractivity contribution in [2.75, 3.05) is 13.1 Å². The second-order valence-corrected chi connectivity index (χ2v) is 5.38. The first-order valence-corrected chi connectivity index (χ1v) is 6.91. The van der Waals surface area contributed by atoms with Crippen LogP contribution in [-0.2, 0) is 6.54 Å². The van der Waals surface area contributed by atoms with E-state index in [9.17, 15) is 4.79 Å². The molecule has 1 saturated heterocycles. The lowest BCUT2D eigenvalue weighted by Crippen LogP contribution is -2.34. The van der Waals surface area contributed by atoms with E-state index in [4.69, 9.17) is 0 Å². The molecule has 1 unspecified atom stereocenters. The molecule has 1 aromatic carbocycles. The van der Waals surface area contributed by atoms with Crippen LogP contribution in [0.4, 0.5) is 0 Å². The fourth-order valence-corrected chi connectivity index (χ4v) is 2.85. The number of fused-ring (bicyclic) bond motifs is 1. The molecular formula is C15H19N3O. The molecule has 1 aliphatic heterocycles. The van der Waals surface area contributed by atoms with Crippen molar-refractivity contribution in [3.8, 4) is 0 Å². The molecule has 0 bridgehead atoms. The van der Waals surface area contributed by atoms with E-state index in [2.05, 4.69) is 10.3 Å². The van der Waals surface area contributed by atoms with Crippen molar-refractivity contribution in [3.63, 3.8) is 0 Å². The van der Waals surface area contributed by atoms with Crippen molar-refractivity contribution in [2.45, 2.75) is 26.3 Å². The summed E-state index contributed by atoms with van der Waals surface area (Å²) in [4.78, 5) is 16.9. The third-order valence-corrected chi connectivity index (χ3v) is 3.92. The van der Waals surface area contributed by atoms with Crippen molar-refractivity contribution in [1.29, 1.82) is 0 Å². The van der Waals surface area contributed by atoms with E-state index in [-0.39, 0.29) is 5.56 Å². The van der Waals surface area contributed by atoms with Gasteiger partial charge in [0.1, 0.15) is 0 Å². The molecule has 100 valence electrons. The molecule has 0 saturated carbocycles. The Morgan fingerprint density at radius 3 is 3.16 bits per heavy atom. The van der Waals surface area contributed by atoms with Crippen molar-refractivity contribution in [1.82, 2.24) is 14.9 Å². The van der Waals surface area contributed by atoms with Gasteiger partial charge >= 0.3 is 0 Å². The number of aryl methyl sites for hydroxylation is 1.